The van der Waals surface area contributed by atoms with E-state index in [0.29, 0.717) is 12.8 Å². The third kappa shape index (κ3) is 3.01. The van der Waals surface area contributed by atoms with Crippen LogP contribution in [0, 0.1) is 12.7 Å². The zero-order valence-electron chi connectivity index (χ0n) is 12.5. The number of halogens is 1. The Hall–Kier alpha value is -2.23. The van der Waals surface area contributed by atoms with Crippen LogP contribution in [0.5, 0.6) is 0 Å². The summed E-state index contributed by atoms with van der Waals surface area (Å²) in [7, 11) is 0. The SMILES string of the molecule is Cc1cccc(CC2(c3ccc(F)cc3)CCCC(=O)O2)n1. The summed E-state index contributed by atoms with van der Waals surface area (Å²) in [6.45, 7) is 1.93. The monoisotopic (exact) mass is 299 g/mol. The molecule has 0 spiro atoms. The van der Waals surface area contributed by atoms with Gasteiger partial charge in [0.2, 0.25) is 0 Å². The van der Waals surface area contributed by atoms with Crippen molar-refractivity contribution in [3.8, 4) is 0 Å². The van der Waals surface area contributed by atoms with Gasteiger partial charge in [-0.1, -0.05) is 18.2 Å². The quantitative estimate of drug-likeness (QED) is 0.811. The molecule has 1 saturated heterocycles. The van der Waals surface area contributed by atoms with Crippen LogP contribution in [0.15, 0.2) is 42.5 Å². The number of ether oxygens (including phenoxy) is 1. The van der Waals surface area contributed by atoms with E-state index < -0.39 is 5.60 Å². The summed E-state index contributed by atoms with van der Waals surface area (Å²) in [4.78, 5) is 16.4. The lowest BCUT2D eigenvalue weighted by Crippen LogP contribution is -2.38. The van der Waals surface area contributed by atoms with E-state index in [9.17, 15) is 9.18 Å². The smallest absolute Gasteiger partial charge is 0.306 e. The van der Waals surface area contributed by atoms with Crippen molar-refractivity contribution in [3.05, 3.63) is 65.2 Å². The third-order valence-electron chi connectivity index (χ3n) is 4.05. The first kappa shape index (κ1) is 14.7. The van der Waals surface area contributed by atoms with Gasteiger partial charge < -0.3 is 4.74 Å². The number of nitrogens with zero attached hydrogens (tertiary/aromatic N) is 1. The normalized spacial score (nSPS) is 21.5. The van der Waals surface area contributed by atoms with Gasteiger partial charge in [-0.3, -0.25) is 9.78 Å². The van der Waals surface area contributed by atoms with Gasteiger partial charge in [-0.25, -0.2) is 4.39 Å². The number of cyclic esters (lactones) is 1. The van der Waals surface area contributed by atoms with Crippen molar-refractivity contribution in [1.82, 2.24) is 4.98 Å². The highest BCUT2D eigenvalue weighted by Crippen LogP contribution is 2.38. The van der Waals surface area contributed by atoms with Gasteiger partial charge in [0.25, 0.3) is 0 Å². The van der Waals surface area contributed by atoms with Crippen LogP contribution in [0.25, 0.3) is 0 Å². The molecule has 2 heterocycles. The molecule has 0 aliphatic carbocycles. The number of carbonyl (C=O) groups excluding carboxylic acids is 1. The highest BCUT2D eigenvalue weighted by Gasteiger charge is 2.39. The van der Waals surface area contributed by atoms with E-state index in [1.54, 1.807) is 12.1 Å². The van der Waals surface area contributed by atoms with E-state index >= 15 is 0 Å². The molecule has 2 aromatic rings. The van der Waals surface area contributed by atoms with Crippen molar-refractivity contribution < 1.29 is 13.9 Å². The standard InChI is InChI=1S/C18H18FNO2/c1-13-4-2-5-16(20-13)12-18(11-3-6-17(21)22-18)14-7-9-15(19)10-8-14/h2,4-5,7-10H,3,6,11-12H2,1H3. The Kier molecular flexibility index (Phi) is 3.92. The first-order valence-electron chi connectivity index (χ1n) is 7.48. The van der Waals surface area contributed by atoms with Gasteiger partial charge in [0.05, 0.1) is 0 Å². The summed E-state index contributed by atoms with van der Waals surface area (Å²) in [5, 5.41) is 0. The molecule has 0 N–H and O–H groups in total. The van der Waals surface area contributed by atoms with Crippen LogP contribution in [0.3, 0.4) is 0 Å². The van der Waals surface area contributed by atoms with Crippen LogP contribution in [0.4, 0.5) is 4.39 Å². The molecule has 0 bridgehead atoms. The maximum absolute atomic E-state index is 13.2. The maximum atomic E-state index is 13.2. The topological polar surface area (TPSA) is 39.2 Å². The Balaban J connectivity index is 1.99. The van der Waals surface area contributed by atoms with Gasteiger partial charge in [-0.15, -0.1) is 0 Å². The number of hydrogen-bond acceptors (Lipinski definition) is 3. The molecular weight excluding hydrogens is 281 g/mol. The Morgan fingerprint density at radius 3 is 2.68 bits per heavy atom. The second-order valence-electron chi connectivity index (χ2n) is 5.78. The molecule has 1 aromatic carbocycles. The molecule has 1 aromatic heterocycles. The van der Waals surface area contributed by atoms with E-state index in [-0.39, 0.29) is 11.8 Å². The van der Waals surface area contributed by atoms with Gasteiger partial charge in [-0.2, -0.15) is 0 Å². The van der Waals surface area contributed by atoms with E-state index in [0.717, 1.165) is 29.8 Å². The van der Waals surface area contributed by atoms with Gasteiger partial charge in [-0.05, 0) is 49.6 Å². The molecular formula is C18H18FNO2. The number of aromatic nitrogens is 1. The summed E-state index contributed by atoms with van der Waals surface area (Å²) in [6.07, 6.45) is 2.43. The zero-order chi connectivity index (χ0) is 15.6. The number of rotatable bonds is 3. The predicted octanol–water partition coefficient (Wildman–Crippen LogP) is 3.69. The lowest BCUT2D eigenvalue weighted by molar-refractivity contribution is -0.169. The van der Waals surface area contributed by atoms with E-state index in [1.807, 2.05) is 25.1 Å². The Morgan fingerprint density at radius 1 is 1.23 bits per heavy atom. The molecule has 1 atom stereocenters. The molecule has 3 nitrogen and oxygen atoms in total. The summed E-state index contributed by atoms with van der Waals surface area (Å²) >= 11 is 0. The molecule has 1 fully saturated rings. The second kappa shape index (κ2) is 5.87. The molecule has 3 rings (SSSR count). The molecule has 1 unspecified atom stereocenters. The van der Waals surface area contributed by atoms with Crippen molar-refractivity contribution in [2.75, 3.05) is 0 Å². The van der Waals surface area contributed by atoms with Crippen molar-refractivity contribution in [1.29, 1.82) is 0 Å². The molecule has 0 radical (unpaired) electrons. The molecule has 0 amide bonds. The van der Waals surface area contributed by atoms with Crippen LogP contribution in [0.2, 0.25) is 0 Å². The summed E-state index contributed by atoms with van der Waals surface area (Å²) in [6, 6.07) is 12.0. The minimum absolute atomic E-state index is 0.205. The highest BCUT2D eigenvalue weighted by atomic mass is 19.1. The Labute approximate surface area is 129 Å². The number of benzene rings is 1. The average molecular weight is 299 g/mol. The number of esters is 1. The highest BCUT2D eigenvalue weighted by molar-refractivity contribution is 5.71. The largest absolute Gasteiger partial charge is 0.454 e. The molecule has 0 saturated carbocycles. The van der Waals surface area contributed by atoms with Crippen molar-refractivity contribution in [2.24, 2.45) is 0 Å². The number of pyridine rings is 1. The van der Waals surface area contributed by atoms with Gasteiger partial charge in [0.1, 0.15) is 11.4 Å². The number of carbonyl (C=O) groups is 1. The molecule has 4 heteroatoms. The van der Waals surface area contributed by atoms with Crippen LogP contribution >= 0.6 is 0 Å². The van der Waals surface area contributed by atoms with Gasteiger partial charge in [0, 0.05) is 24.2 Å². The first-order chi connectivity index (χ1) is 10.6. The van der Waals surface area contributed by atoms with Crippen LogP contribution in [0.1, 0.15) is 36.2 Å². The van der Waals surface area contributed by atoms with Crippen molar-refractivity contribution >= 4 is 5.97 Å². The molecule has 1 aliphatic rings. The molecule has 114 valence electrons. The lowest BCUT2D eigenvalue weighted by atomic mass is 9.82. The van der Waals surface area contributed by atoms with Crippen molar-refractivity contribution in [2.45, 2.75) is 38.2 Å². The fourth-order valence-electron chi connectivity index (χ4n) is 3.01. The molecule has 22 heavy (non-hydrogen) atoms. The van der Waals surface area contributed by atoms with Crippen molar-refractivity contribution in [3.63, 3.8) is 0 Å². The summed E-state index contributed by atoms with van der Waals surface area (Å²) in [5.74, 6) is -0.502. The Bertz CT molecular complexity index is 684. The van der Waals surface area contributed by atoms with Gasteiger partial charge >= 0.3 is 5.97 Å². The maximum Gasteiger partial charge on any atom is 0.306 e. The second-order valence-corrected chi connectivity index (χ2v) is 5.78. The average Bonchev–Trinajstić information content (AvgIpc) is 2.48. The van der Waals surface area contributed by atoms with E-state index in [4.69, 9.17) is 4.74 Å². The van der Waals surface area contributed by atoms with E-state index in [1.165, 1.54) is 12.1 Å². The summed E-state index contributed by atoms with van der Waals surface area (Å²) in [5.41, 5.74) is 1.88. The van der Waals surface area contributed by atoms with Crippen LogP contribution < -0.4 is 0 Å². The fourth-order valence-corrected chi connectivity index (χ4v) is 3.01. The number of aryl methyl sites for hydroxylation is 1. The fraction of sp³-hybridized carbons (Fsp3) is 0.333. The van der Waals surface area contributed by atoms with Crippen LogP contribution in [-0.2, 0) is 21.6 Å². The van der Waals surface area contributed by atoms with E-state index in [2.05, 4.69) is 4.98 Å². The minimum Gasteiger partial charge on any atom is -0.454 e. The predicted molar refractivity (Wildman–Crippen MR) is 80.7 cm³/mol. The third-order valence-corrected chi connectivity index (χ3v) is 4.05. The summed E-state index contributed by atoms with van der Waals surface area (Å²) < 4.78 is 19.0. The zero-order valence-corrected chi connectivity index (χ0v) is 12.5. The molecule has 1 aliphatic heterocycles. The first-order valence-corrected chi connectivity index (χ1v) is 7.48. The lowest BCUT2D eigenvalue weighted by Gasteiger charge is -2.37. The van der Waals surface area contributed by atoms with Gasteiger partial charge in [0.15, 0.2) is 0 Å². The van der Waals surface area contributed by atoms with Crippen LogP contribution in [-0.4, -0.2) is 11.0 Å². The minimum atomic E-state index is -0.746. The Morgan fingerprint density at radius 2 is 2.00 bits per heavy atom. The number of hydrogen-bond donors (Lipinski definition) is 0.